The van der Waals surface area contributed by atoms with E-state index in [4.69, 9.17) is 16.3 Å². The molecular weight excluding hydrogens is 467 g/mol. The number of aliphatic hydroxyl groups is 1. The fraction of sp³-hybridized carbons (Fsp3) is 0.571. The van der Waals surface area contributed by atoms with Crippen molar-refractivity contribution in [1.29, 1.82) is 0 Å². The Kier molecular flexibility index (Phi) is 8.02. The van der Waals surface area contributed by atoms with Gasteiger partial charge in [0.1, 0.15) is 11.4 Å². The first-order valence-electron chi connectivity index (χ1n) is 12.7. The Morgan fingerprint density at radius 3 is 2.66 bits per heavy atom. The average Bonchev–Trinajstić information content (AvgIpc) is 2.74. The Balaban J connectivity index is 1.50. The third-order valence-corrected chi connectivity index (χ3v) is 7.48. The number of halogens is 2. The van der Waals surface area contributed by atoms with Crippen molar-refractivity contribution in [3.8, 4) is 5.88 Å². The summed E-state index contributed by atoms with van der Waals surface area (Å²) in [5.74, 6) is 0.833. The summed E-state index contributed by atoms with van der Waals surface area (Å²) in [6.45, 7) is 5.82. The van der Waals surface area contributed by atoms with Gasteiger partial charge in [0.25, 0.3) is 0 Å². The van der Waals surface area contributed by atoms with Crippen molar-refractivity contribution >= 4 is 17.5 Å². The quantitative estimate of drug-likeness (QED) is 0.458. The zero-order chi connectivity index (χ0) is 25.2. The van der Waals surface area contributed by atoms with E-state index in [0.717, 1.165) is 50.0 Å². The summed E-state index contributed by atoms with van der Waals surface area (Å²) in [5, 5.41) is 14.3. The van der Waals surface area contributed by atoms with E-state index in [1.54, 1.807) is 6.07 Å². The van der Waals surface area contributed by atoms with Crippen LogP contribution in [0.3, 0.4) is 0 Å². The Bertz CT molecular complexity index is 1040. The van der Waals surface area contributed by atoms with Gasteiger partial charge in [0.15, 0.2) is 0 Å². The van der Waals surface area contributed by atoms with E-state index in [9.17, 15) is 14.3 Å². The van der Waals surface area contributed by atoms with Crippen LogP contribution in [0, 0.1) is 11.7 Å². The van der Waals surface area contributed by atoms with Crippen LogP contribution in [0.2, 0.25) is 5.02 Å². The third kappa shape index (κ3) is 6.53. The molecule has 2 heterocycles. The van der Waals surface area contributed by atoms with Gasteiger partial charge in [-0.1, -0.05) is 25.4 Å². The normalized spacial score (nSPS) is 20.0. The molecule has 35 heavy (non-hydrogen) atoms. The van der Waals surface area contributed by atoms with Crippen LogP contribution in [0.1, 0.15) is 81.9 Å². The number of pyridine rings is 1. The lowest BCUT2D eigenvalue weighted by molar-refractivity contribution is -0.120. The van der Waals surface area contributed by atoms with Gasteiger partial charge >= 0.3 is 0 Å². The molecule has 2 aromatic rings. The van der Waals surface area contributed by atoms with E-state index in [1.165, 1.54) is 24.6 Å². The number of nitrogens with one attached hydrogen (secondary N) is 1. The molecule has 1 amide bonds. The minimum atomic E-state index is -0.781. The zero-order valence-corrected chi connectivity index (χ0v) is 21.6. The minimum absolute atomic E-state index is 0.134. The van der Waals surface area contributed by atoms with Crippen LogP contribution in [-0.2, 0) is 17.6 Å². The summed E-state index contributed by atoms with van der Waals surface area (Å²) in [6, 6.07) is 6.00. The number of rotatable bonds is 9. The Labute approximate surface area is 212 Å². The average molecular weight is 503 g/mol. The Hall–Kier alpha value is -2.18. The highest BCUT2D eigenvalue weighted by atomic mass is 35.5. The van der Waals surface area contributed by atoms with Crippen molar-refractivity contribution < 1.29 is 19.0 Å². The molecule has 0 unspecified atom stereocenters. The summed E-state index contributed by atoms with van der Waals surface area (Å²) in [4.78, 5) is 16.5. The predicted octanol–water partition coefficient (Wildman–Crippen LogP) is 5.75. The third-order valence-electron chi connectivity index (χ3n) is 7.26. The van der Waals surface area contributed by atoms with Crippen molar-refractivity contribution in [1.82, 2.24) is 10.3 Å². The number of hydrogen-bond acceptors (Lipinski definition) is 4. The highest BCUT2D eigenvalue weighted by Crippen LogP contribution is 2.50. The standard InChI is InChI=1S/C28H36ClFN2O3/c1-17(2)9-20-12-24-21(15-28(7-4-8-28)35-27(24)31-16-20)5-6-26(34)25(32-18(3)33)13-19-10-22(29)14-23(30)11-19/h10-12,14,16-17,21,25-26,34H,4-9,13,15H2,1-3H3,(H,32,33)/t21-,25-,26+/m0/s1. The molecule has 2 aliphatic rings. The predicted molar refractivity (Wildman–Crippen MR) is 135 cm³/mol. The molecule has 3 atom stereocenters. The van der Waals surface area contributed by atoms with Crippen molar-refractivity contribution in [3.05, 3.63) is 58.0 Å². The summed E-state index contributed by atoms with van der Waals surface area (Å²) < 4.78 is 20.2. The monoisotopic (exact) mass is 502 g/mol. The second-order valence-electron chi connectivity index (χ2n) is 10.8. The molecule has 2 N–H and O–H groups in total. The number of nitrogens with zero attached hydrogens (tertiary/aromatic N) is 1. The van der Waals surface area contributed by atoms with Crippen molar-refractivity contribution in [3.63, 3.8) is 0 Å². The van der Waals surface area contributed by atoms with Gasteiger partial charge < -0.3 is 15.2 Å². The second kappa shape index (κ2) is 10.8. The number of amides is 1. The molecule has 5 nitrogen and oxygen atoms in total. The topological polar surface area (TPSA) is 71.5 Å². The van der Waals surface area contributed by atoms with Crippen LogP contribution in [-0.4, -0.2) is 33.7 Å². The molecule has 1 spiro atoms. The molecule has 0 saturated heterocycles. The Morgan fingerprint density at radius 1 is 1.26 bits per heavy atom. The minimum Gasteiger partial charge on any atom is -0.471 e. The molecule has 1 aliphatic heterocycles. The molecule has 1 fully saturated rings. The molecule has 1 aliphatic carbocycles. The SMILES string of the molecule is CC(=O)N[C@@H](Cc1cc(F)cc(Cl)c1)[C@H](O)CC[C@H]1CC2(CCC2)Oc2ncc(CC(C)C)cc21. The van der Waals surface area contributed by atoms with E-state index in [1.807, 2.05) is 6.20 Å². The van der Waals surface area contributed by atoms with Gasteiger partial charge in [-0.25, -0.2) is 9.37 Å². The lowest BCUT2D eigenvalue weighted by Gasteiger charge is -2.47. The fourth-order valence-corrected chi connectivity index (χ4v) is 5.76. The first kappa shape index (κ1) is 25.9. The van der Waals surface area contributed by atoms with Crippen LogP contribution in [0.5, 0.6) is 5.88 Å². The van der Waals surface area contributed by atoms with Crippen LogP contribution in [0.15, 0.2) is 30.5 Å². The smallest absolute Gasteiger partial charge is 0.217 e. The van der Waals surface area contributed by atoms with Gasteiger partial charge in [-0.3, -0.25) is 4.79 Å². The second-order valence-corrected chi connectivity index (χ2v) is 11.2. The van der Waals surface area contributed by atoms with Gasteiger partial charge in [-0.05, 0) is 98.6 Å². The zero-order valence-electron chi connectivity index (χ0n) is 20.8. The maximum absolute atomic E-state index is 13.8. The highest BCUT2D eigenvalue weighted by molar-refractivity contribution is 6.30. The van der Waals surface area contributed by atoms with Gasteiger partial charge in [-0.15, -0.1) is 0 Å². The molecule has 190 valence electrons. The number of benzene rings is 1. The highest BCUT2D eigenvalue weighted by Gasteiger charge is 2.46. The molecular formula is C28H36ClFN2O3. The molecule has 0 radical (unpaired) electrons. The lowest BCUT2D eigenvalue weighted by Crippen LogP contribution is -2.47. The van der Waals surface area contributed by atoms with Crippen molar-refractivity contribution in [2.45, 2.75) is 95.8 Å². The fourth-order valence-electron chi connectivity index (χ4n) is 5.52. The molecule has 1 saturated carbocycles. The van der Waals surface area contributed by atoms with E-state index in [-0.39, 0.29) is 17.4 Å². The number of aliphatic hydroxyl groups excluding tert-OH is 1. The van der Waals surface area contributed by atoms with Crippen molar-refractivity contribution in [2.75, 3.05) is 0 Å². The van der Waals surface area contributed by atoms with E-state index in [2.05, 4.69) is 30.2 Å². The summed E-state index contributed by atoms with van der Waals surface area (Å²) in [6.07, 6.45) is 7.82. The van der Waals surface area contributed by atoms with Crippen molar-refractivity contribution in [2.24, 2.45) is 5.92 Å². The number of fused-ring (bicyclic) bond motifs is 1. The summed E-state index contributed by atoms with van der Waals surface area (Å²) >= 11 is 6.01. The Morgan fingerprint density at radius 2 is 2.03 bits per heavy atom. The molecule has 4 rings (SSSR count). The lowest BCUT2D eigenvalue weighted by atomic mass is 9.70. The molecule has 1 aromatic heterocycles. The number of hydrogen-bond donors (Lipinski definition) is 2. The first-order valence-corrected chi connectivity index (χ1v) is 13.1. The van der Waals surface area contributed by atoms with E-state index >= 15 is 0 Å². The van der Waals surface area contributed by atoms with Gasteiger partial charge in [0, 0.05) is 23.7 Å². The number of aromatic nitrogens is 1. The largest absolute Gasteiger partial charge is 0.471 e. The van der Waals surface area contributed by atoms with Crippen LogP contribution in [0.4, 0.5) is 4.39 Å². The maximum Gasteiger partial charge on any atom is 0.217 e. The van der Waals surface area contributed by atoms with E-state index in [0.29, 0.717) is 29.3 Å². The van der Waals surface area contributed by atoms with Gasteiger partial charge in [-0.2, -0.15) is 0 Å². The number of carbonyl (C=O) groups excluding carboxylic acids is 1. The van der Waals surface area contributed by atoms with Gasteiger partial charge in [0.05, 0.1) is 12.1 Å². The first-order chi connectivity index (χ1) is 16.6. The molecule has 1 aromatic carbocycles. The maximum atomic E-state index is 13.8. The summed E-state index contributed by atoms with van der Waals surface area (Å²) in [5.41, 5.74) is 2.84. The molecule has 0 bridgehead atoms. The van der Waals surface area contributed by atoms with Crippen LogP contribution in [0.25, 0.3) is 0 Å². The number of carbonyl (C=O) groups is 1. The molecule has 7 heteroatoms. The van der Waals surface area contributed by atoms with Crippen LogP contribution < -0.4 is 10.1 Å². The number of ether oxygens (including phenoxy) is 1. The summed E-state index contributed by atoms with van der Waals surface area (Å²) in [7, 11) is 0. The van der Waals surface area contributed by atoms with Gasteiger partial charge in [0.2, 0.25) is 11.8 Å². The van der Waals surface area contributed by atoms with E-state index < -0.39 is 18.0 Å². The van der Waals surface area contributed by atoms with Crippen LogP contribution >= 0.6 is 11.6 Å².